The van der Waals surface area contributed by atoms with Crippen molar-refractivity contribution in [2.24, 2.45) is 16.5 Å². The van der Waals surface area contributed by atoms with Gasteiger partial charge in [-0.1, -0.05) is 54.6 Å². The standard InChI is InChI=1S/C40H42FN7O3/c1-27(34-9-4-7-30-6-2-3-8-35(30)34)46-38(50)36(10-5-22-45-40(42)43)47-37(49)31-13-11-29(12-14-31)26-48(25-21-28-19-23-44-24-20-28)39(51)32-15-17-33(41)18-16-32/h2-4,6-9,11-20,23-24,27,36H,5,10,21-22,25-26H2,1H3,(H,46,50)(H,47,49)(H4,42,43,45)/t27-,36+/m1/s1. The Labute approximate surface area is 296 Å². The van der Waals surface area contributed by atoms with Gasteiger partial charge in [-0.2, -0.15) is 0 Å². The molecule has 6 N–H and O–H groups in total. The van der Waals surface area contributed by atoms with Crippen molar-refractivity contribution < 1.29 is 18.8 Å². The van der Waals surface area contributed by atoms with Crippen LogP contribution in [0.4, 0.5) is 4.39 Å². The van der Waals surface area contributed by atoms with Gasteiger partial charge in [0.15, 0.2) is 5.96 Å². The number of pyridine rings is 1. The van der Waals surface area contributed by atoms with E-state index in [-0.39, 0.29) is 30.4 Å². The number of hydrogen-bond acceptors (Lipinski definition) is 5. The van der Waals surface area contributed by atoms with E-state index in [2.05, 4.69) is 20.6 Å². The molecule has 4 aromatic carbocycles. The number of benzene rings is 4. The normalized spacial score (nSPS) is 12.0. The molecule has 1 aromatic heterocycles. The minimum absolute atomic E-state index is 0.0417. The predicted molar refractivity (Wildman–Crippen MR) is 197 cm³/mol. The van der Waals surface area contributed by atoms with Crippen LogP contribution in [0.25, 0.3) is 10.8 Å². The highest BCUT2D eigenvalue weighted by Gasteiger charge is 2.24. The molecular weight excluding hydrogens is 645 g/mol. The van der Waals surface area contributed by atoms with E-state index in [4.69, 9.17) is 11.5 Å². The second-order valence-electron chi connectivity index (χ2n) is 12.3. The van der Waals surface area contributed by atoms with Gasteiger partial charge >= 0.3 is 0 Å². The first-order chi connectivity index (χ1) is 24.7. The predicted octanol–water partition coefficient (Wildman–Crippen LogP) is 5.29. The highest BCUT2D eigenvalue weighted by Crippen LogP contribution is 2.24. The van der Waals surface area contributed by atoms with Crippen molar-refractivity contribution >= 4 is 34.5 Å². The fourth-order valence-corrected chi connectivity index (χ4v) is 5.86. The first-order valence-corrected chi connectivity index (χ1v) is 16.8. The Morgan fingerprint density at radius 2 is 1.51 bits per heavy atom. The first kappa shape index (κ1) is 36.2. The SMILES string of the molecule is C[C@@H](NC(=O)[C@H](CCCN=C(N)N)NC(=O)c1ccc(CN(CCc2ccncc2)C(=O)c2ccc(F)cc2)cc1)c1cccc2ccccc12. The van der Waals surface area contributed by atoms with Crippen LogP contribution < -0.4 is 22.1 Å². The number of guanidine groups is 1. The molecule has 3 amide bonds. The number of halogens is 1. The number of aliphatic imine (C=N–C) groups is 1. The van der Waals surface area contributed by atoms with Crippen LogP contribution in [0.15, 0.2) is 121 Å². The fraction of sp³-hybridized carbons (Fsp3) is 0.225. The summed E-state index contributed by atoms with van der Waals surface area (Å²) in [6.07, 6.45) is 4.79. The van der Waals surface area contributed by atoms with Gasteiger partial charge in [-0.3, -0.25) is 24.4 Å². The van der Waals surface area contributed by atoms with Gasteiger partial charge in [0.2, 0.25) is 5.91 Å². The summed E-state index contributed by atoms with van der Waals surface area (Å²) in [4.78, 5) is 50.4. The van der Waals surface area contributed by atoms with Crippen LogP contribution in [0, 0.1) is 5.82 Å². The maximum absolute atomic E-state index is 13.6. The molecule has 0 unspecified atom stereocenters. The van der Waals surface area contributed by atoms with Gasteiger partial charge in [-0.15, -0.1) is 0 Å². The van der Waals surface area contributed by atoms with Crippen molar-refractivity contribution in [3.05, 3.63) is 149 Å². The number of carbonyl (C=O) groups excluding carboxylic acids is 3. The van der Waals surface area contributed by atoms with Crippen LogP contribution >= 0.6 is 0 Å². The third-order valence-electron chi connectivity index (χ3n) is 8.60. The zero-order valence-electron chi connectivity index (χ0n) is 28.5. The van der Waals surface area contributed by atoms with Crippen LogP contribution in [0.5, 0.6) is 0 Å². The molecule has 0 aliphatic heterocycles. The van der Waals surface area contributed by atoms with Crippen LogP contribution in [-0.4, -0.2) is 52.7 Å². The summed E-state index contributed by atoms with van der Waals surface area (Å²) in [5.74, 6) is -1.44. The summed E-state index contributed by atoms with van der Waals surface area (Å²) in [7, 11) is 0. The Morgan fingerprint density at radius 1 is 0.824 bits per heavy atom. The molecule has 0 saturated carbocycles. The molecule has 2 atom stereocenters. The molecule has 1 heterocycles. The summed E-state index contributed by atoms with van der Waals surface area (Å²) in [5, 5.41) is 8.08. The van der Waals surface area contributed by atoms with Gasteiger partial charge in [-0.05, 0) is 102 Å². The Kier molecular flexibility index (Phi) is 12.4. The molecule has 0 bridgehead atoms. The number of nitrogens with one attached hydrogen (secondary N) is 2. The lowest BCUT2D eigenvalue weighted by Gasteiger charge is -2.24. The summed E-state index contributed by atoms with van der Waals surface area (Å²) in [6.45, 7) is 2.91. The zero-order valence-corrected chi connectivity index (χ0v) is 28.5. The molecule has 11 heteroatoms. The minimum Gasteiger partial charge on any atom is -0.370 e. The van der Waals surface area contributed by atoms with E-state index >= 15 is 0 Å². The molecule has 5 aromatic rings. The van der Waals surface area contributed by atoms with Crippen LogP contribution in [-0.2, 0) is 17.8 Å². The van der Waals surface area contributed by atoms with Crippen molar-refractivity contribution in [1.82, 2.24) is 20.5 Å². The average molecular weight is 688 g/mol. The highest BCUT2D eigenvalue weighted by molar-refractivity contribution is 5.98. The molecular formula is C40H42FN7O3. The van der Waals surface area contributed by atoms with Crippen LogP contribution in [0.1, 0.15) is 63.2 Å². The van der Waals surface area contributed by atoms with Crippen LogP contribution in [0.3, 0.4) is 0 Å². The Hall–Kier alpha value is -6.10. The molecule has 0 saturated heterocycles. The number of aromatic nitrogens is 1. The van der Waals surface area contributed by atoms with Crippen molar-refractivity contribution in [2.75, 3.05) is 13.1 Å². The molecule has 51 heavy (non-hydrogen) atoms. The van der Waals surface area contributed by atoms with E-state index in [1.807, 2.05) is 61.5 Å². The van der Waals surface area contributed by atoms with Crippen molar-refractivity contribution in [3.8, 4) is 0 Å². The van der Waals surface area contributed by atoms with Gasteiger partial charge in [0.05, 0.1) is 6.04 Å². The first-order valence-electron chi connectivity index (χ1n) is 16.8. The van der Waals surface area contributed by atoms with Crippen LogP contribution in [0.2, 0.25) is 0 Å². The molecule has 5 rings (SSSR count). The summed E-state index contributed by atoms with van der Waals surface area (Å²) in [5.41, 5.74) is 14.5. The summed E-state index contributed by atoms with van der Waals surface area (Å²) >= 11 is 0. The lowest BCUT2D eigenvalue weighted by Crippen LogP contribution is -2.47. The molecule has 10 nitrogen and oxygen atoms in total. The van der Waals surface area contributed by atoms with Gasteiger partial charge in [0.25, 0.3) is 11.8 Å². The van der Waals surface area contributed by atoms with Gasteiger partial charge in [-0.25, -0.2) is 4.39 Å². The monoisotopic (exact) mass is 687 g/mol. The maximum Gasteiger partial charge on any atom is 0.254 e. The van der Waals surface area contributed by atoms with E-state index in [1.54, 1.807) is 41.6 Å². The number of rotatable bonds is 15. The van der Waals surface area contributed by atoms with E-state index in [0.29, 0.717) is 43.5 Å². The van der Waals surface area contributed by atoms with Crippen molar-refractivity contribution in [2.45, 2.75) is 44.8 Å². The number of nitrogens with two attached hydrogens (primary N) is 2. The smallest absolute Gasteiger partial charge is 0.254 e. The van der Waals surface area contributed by atoms with Gasteiger partial charge in [0, 0.05) is 43.2 Å². The minimum atomic E-state index is -0.846. The quantitative estimate of drug-likeness (QED) is 0.0666. The lowest BCUT2D eigenvalue weighted by molar-refractivity contribution is -0.123. The Bertz CT molecular complexity index is 1960. The third-order valence-corrected chi connectivity index (χ3v) is 8.60. The number of amides is 3. The topological polar surface area (TPSA) is 156 Å². The number of fused-ring (bicyclic) bond motifs is 1. The number of hydrogen-bond donors (Lipinski definition) is 4. The van der Waals surface area contributed by atoms with Gasteiger partial charge in [0.1, 0.15) is 11.9 Å². The molecule has 0 radical (unpaired) electrons. The number of carbonyl (C=O) groups is 3. The fourth-order valence-electron chi connectivity index (χ4n) is 5.86. The second kappa shape index (κ2) is 17.5. The highest BCUT2D eigenvalue weighted by atomic mass is 19.1. The van der Waals surface area contributed by atoms with Crippen molar-refractivity contribution in [1.29, 1.82) is 0 Å². The van der Waals surface area contributed by atoms with E-state index in [0.717, 1.165) is 27.5 Å². The average Bonchev–Trinajstić information content (AvgIpc) is 3.14. The zero-order chi connectivity index (χ0) is 36.2. The van der Waals surface area contributed by atoms with E-state index in [9.17, 15) is 18.8 Å². The molecule has 0 spiro atoms. The number of nitrogens with zero attached hydrogens (tertiary/aromatic N) is 3. The molecule has 0 fully saturated rings. The van der Waals surface area contributed by atoms with Gasteiger partial charge < -0.3 is 27.0 Å². The van der Waals surface area contributed by atoms with E-state index in [1.165, 1.54) is 24.3 Å². The molecule has 0 aliphatic carbocycles. The third kappa shape index (κ3) is 10.2. The second-order valence-corrected chi connectivity index (χ2v) is 12.3. The van der Waals surface area contributed by atoms with Crippen molar-refractivity contribution in [3.63, 3.8) is 0 Å². The molecule has 0 aliphatic rings. The van der Waals surface area contributed by atoms with E-state index < -0.39 is 17.8 Å². The summed E-state index contributed by atoms with van der Waals surface area (Å²) < 4.78 is 13.6. The largest absolute Gasteiger partial charge is 0.370 e. The Morgan fingerprint density at radius 3 is 2.24 bits per heavy atom. The molecule has 262 valence electrons. The maximum atomic E-state index is 13.6. The summed E-state index contributed by atoms with van der Waals surface area (Å²) in [6, 6.07) is 28.9. The Balaban J connectivity index is 1.28. The lowest BCUT2D eigenvalue weighted by atomic mass is 9.99.